The Hall–Kier alpha value is -3.40. The van der Waals surface area contributed by atoms with Crippen LogP contribution in [-0.2, 0) is 11.3 Å². The van der Waals surface area contributed by atoms with E-state index in [0.717, 1.165) is 11.1 Å². The average Bonchev–Trinajstić information content (AvgIpc) is 3.27. The van der Waals surface area contributed by atoms with Crippen LogP contribution in [0.5, 0.6) is 0 Å². The summed E-state index contributed by atoms with van der Waals surface area (Å²) in [4.78, 5) is 23.5. The number of aryl methyl sites for hydroxylation is 1. The number of hydrogen-bond donors (Lipinski definition) is 1. The molecule has 0 radical (unpaired) electrons. The highest BCUT2D eigenvalue weighted by atomic mass is 32.1. The average molecular weight is 395 g/mol. The number of aromatic nitrogens is 6. The van der Waals surface area contributed by atoms with Gasteiger partial charge in [0.15, 0.2) is 5.82 Å². The van der Waals surface area contributed by atoms with Crippen LogP contribution in [0.1, 0.15) is 28.0 Å². The first kappa shape index (κ1) is 18.0. The predicted octanol–water partition coefficient (Wildman–Crippen LogP) is 2.46. The lowest BCUT2D eigenvalue weighted by Crippen LogP contribution is -2.09. The number of esters is 1. The molecule has 0 spiro atoms. The highest BCUT2D eigenvalue weighted by molar-refractivity contribution is 7.20. The fourth-order valence-electron chi connectivity index (χ4n) is 2.82. The first-order chi connectivity index (χ1) is 13.6. The molecule has 2 N–H and O–H groups in total. The summed E-state index contributed by atoms with van der Waals surface area (Å²) in [5.41, 5.74) is 7.74. The Kier molecular flexibility index (Phi) is 4.70. The van der Waals surface area contributed by atoms with E-state index in [1.807, 2.05) is 37.3 Å². The molecule has 0 bridgehead atoms. The molecule has 3 heterocycles. The number of thiophene rings is 1. The smallest absolute Gasteiger partial charge is 0.348 e. The maximum absolute atomic E-state index is 12.1. The van der Waals surface area contributed by atoms with Gasteiger partial charge in [-0.3, -0.25) is 0 Å². The van der Waals surface area contributed by atoms with Crippen LogP contribution in [0.15, 0.2) is 30.3 Å². The molecule has 9 nitrogen and oxygen atoms in total. The number of hydrogen-bond acceptors (Lipinski definition) is 9. The van der Waals surface area contributed by atoms with Gasteiger partial charge in [0.1, 0.15) is 22.1 Å². The number of tetrazole rings is 1. The summed E-state index contributed by atoms with van der Waals surface area (Å²) >= 11 is 1.24. The minimum Gasteiger partial charge on any atom is -0.462 e. The summed E-state index contributed by atoms with van der Waals surface area (Å²) in [6.45, 7) is 4.10. The fraction of sp³-hybridized carbons (Fsp3) is 0.222. The second kappa shape index (κ2) is 7.31. The van der Waals surface area contributed by atoms with Crippen LogP contribution in [0, 0.1) is 6.92 Å². The molecule has 0 unspecified atom stereocenters. The van der Waals surface area contributed by atoms with Gasteiger partial charge in [-0.1, -0.05) is 30.3 Å². The van der Waals surface area contributed by atoms with E-state index in [0.29, 0.717) is 39.2 Å². The van der Waals surface area contributed by atoms with Crippen molar-refractivity contribution in [2.24, 2.45) is 0 Å². The van der Waals surface area contributed by atoms with Crippen molar-refractivity contribution < 1.29 is 9.53 Å². The molecule has 28 heavy (non-hydrogen) atoms. The van der Waals surface area contributed by atoms with Gasteiger partial charge < -0.3 is 10.5 Å². The van der Waals surface area contributed by atoms with Crippen molar-refractivity contribution in [1.82, 2.24) is 30.2 Å². The maximum Gasteiger partial charge on any atom is 0.348 e. The summed E-state index contributed by atoms with van der Waals surface area (Å²) in [5.74, 6) is 0.895. The first-order valence-electron chi connectivity index (χ1n) is 8.62. The van der Waals surface area contributed by atoms with Gasteiger partial charge in [0.25, 0.3) is 0 Å². The van der Waals surface area contributed by atoms with Gasteiger partial charge in [0.05, 0.1) is 12.0 Å². The molecule has 0 fully saturated rings. The zero-order valence-electron chi connectivity index (χ0n) is 15.3. The summed E-state index contributed by atoms with van der Waals surface area (Å²) in [6, 6.07) is 9.57. The standard InChI is InChI=1S/C18H17N7O2S/c1-3-27-18(26)14-10(2)13-15(19)20-12(21-17(13)28-14)9-25-23-16(22-24-25)11-7-5-4-6-8-11/h4-8H,3,9H2,1-2H3,(H2,19,20,21). The van der Waals surface area contributed by atoms with Crippen LogP contribution in [0.3, 0.4) is 0 Å². The SMILES string of the molecule is CCOC(=O)c1sc2nc(Cn3nnc(-c4ccccc4)n3)nc(N)c2c1C. The van der Waals surface area contributed by atoms with Crippen molar-refractivity contribution in [3.8, 4) is 11.4 Å². The molecule has 142 valence electrons. The number of rotatable bonds is 5. The Balaban J connectivity index is 1.65. The van der Waals surface area contributed by atoms with E-state index in [9.17, 15) is 4.79 Å². The van der Waals surface area contributed by atoms with Gasteiger partial charge in [-0.15, -0.1) is 21.5 Å². The summed E-state index contributed by atoms with van der Waals surface area (Å²) < 4.78 is 5.10. The van der Waals surface area contributed by atoms with Crippen molar-refractivity contribution in [1.29, 1.82) is 0 Å². The molecule has 1 aromatic carbocycles. The zero-order valence-corrected chi connectivity index (χ0v) is 16.1. The number of fused-ring (bicyclic) bond motifs is 1. The Morgan fingerprint density at radius 1 is 1.25 bits per heavy atom. The monoisotopic (exact) mass is 395 g/mol. The van der Waals surface area contributed by atoms with Crippen LogP contribution in [0.2, 0.25) is 0 Å². The van der Waals surface area contributed by atoms with Crippen LogP contribution in [0.4, 0.5) is 5.82 Å². The molecule has 0 aliphatic heterocycles. The predicted molar refractivity (Wildman–Crippen MR) is 105 cm³/mol. The molecule has 4 aromatic rings. The van der Waals surface area contributed by atoms with Gasteiger partial charge in [-0.05, 0) is 24.6 Å². The minimum absolute atomic E-state index is 0.214. The highest BCUT2D eigenvalue weighted by Gasteiger charge is 2.20. The summed E-state index contributed by atoms with van der Waals surface area (Å²) in [5, 5.41) is 13.2. The Morgan fingerprint density at radius 3 is 2.79 bits per heavy atom. The van der Waals surface area contributed by atoms with Crippen LogP contribution >= 0.6 is 11.3 Å². The number of nitrogen functional groups attached to an aromatic ring is 1. The molecule has 0 amide bonds. The van der Waals surface area contributed by atoms with E-state index in [-0.39, 0.29) is 12.5 Å². The maximum atomic E-state index is 12.1. The lowest BCUT2D eigenvalue weighted by molar-refractivity contribution is 0.0531. The van der Waals surface area contributed by atoms with Gasteiger partial charge in [0.2, 0.25) is 5.82 Å². The van der Waals surface area contributed by atoms with Gasteiger partial charge in [-0.25, -0.2) is 14.8 Å². The number of anilines is 1. The largest absolute Gasteiger partial charge is 0.462 e. The van der Waals surface area contributed by atoms with Gasteiger partial charge >= 0.3 is 5.97 Å². The normalized spacial score (nSPS) is 11.1. The topological polar surface area (TPSA) is 122 Å². The molecular formula is C18H17N7O2S. The molecule has 0 atom stereocenters. The number of nitrogens with two attached hydrogens (primary N) is 1. The number of carbonyl (C=O) groups excluding carboxylic acids is 1. The lowest BCUT2D eigenvalue weighted by Gasteiger charge is -2.02. The fourth-order valence-corrected chi connectivity index (χ4v) is 3.92. The van der Waals surface area contributed by atoms with Crippen LogP contribution in [0.25, 0.3) is 21.6 Å². The van der Waals surface area contributed by atoms with E-state index < -0.39 is 0 Å². The molecule has 0 aliphatic carbocycles. The van der Waals surface area contributed by atoms with Crippen LogP contribution < -0.4 is 5.73 Å². The quantitative estimate of drug-likeness (QED) is 0.511. The van der Waals surface area contributed by atoms with E-state index >= 15 is 0 Å². The zero-order chi connectivity index (χ0) is 19.7. The van der Waals surface area contributed by atoms with E-state index in [1.54, 1.807) is 6.92 Å². The Morgan fingerprint density at radius 2 is 2.04 bits per heavy atom. The number of benzene rings is 1. The minimum atomic E-state index is -0.380. The third-order valence-corrected chi connectivity index (χ3v) is 5.26. The third-order valence-electron chi connectivity index (χ3n) is 4.09. The lowest BCUT2D eigenvalue weighted by atomic mass is 10.2. The van der Waals surface area contributed by atoms with E-state index in [1.165, 1.54) is 16.1 Å². The molecule has 10 heteroatoms. The Labute approximate surface area is 164 Å². The molecule has 0 saturated carbocycles. The first-order valence-corrected chi connectivity index (χ1v) is 9.44. The van der Waals surface area contributed by atoms with E-state index in [2.05, 4.69) is 25.4 Å². The van der Waals surface area contributed by atoms with Crippen molar-refractivity contribution in [2.75, 3.05) is 12.3 Å². The van der Waals surface area contributed by atoms with Gasteiger partial charge in [0, 0.05) is 5.56 Å². The number of nitrogens with zero attached hydrogens (tertiary/aromatic N) is 6. The van der Waals surface area contributed by atoms with Crippen molar-refractivity contribution >= 4 is 33.3 Å². The molecule has 0 saturated heterocycles. The molecule has 4 rings (SSSR count). The molecular weight excluding hydrogens is 378 g/mol. The second-order valence-electron chi connectivity index (χ2n) is 5.99. The number of carbonyl (C=O) groups is 1. The second-order valence-corrected chi connectivity index (χ2v) is 6.99. The summed E-state index contributed by atoms with van der Waals surface area (Å²) in [7, 11) is 0. The third kappa shape index (κ3) is 3.29. The summed E-state index contributed by atoms with van der Waals surface area (Å²) in [6.07, 6.45) is 0. The molecule has 0 aliphatic rings. The molecule has 3 aromatic heterocycles. The van der Waals surface area contributed by atoms with Crippen molar-refractivity contribution in [2.45, 2.75) is 20.4 Å². The number of ether oxygens (including phenoxy) is 1. The van der Waals surface area contributed by atoms with E-state index in [4.69, 9.17) is 10.5 Å². The highest BCUT2D eigenvalue weighted by Crippen LogP contribution is 2.33. The van der Waals surface area contributed by atoms with Gasteiger partial charge in [-0.2, -0.15) is 4.80 Å². The van der Waals surface area contributed by atoms with Crippen molar-refractivity contribution in [3.63, 3.8) is 0 Å². The van der Waals surface area contributed by atoms with Crippen molar-refractivity contribution in [3.05, 3.63) is 46.6 Å². The Bertz CT molecular complexity index is 1150. The van der Waals surface area contributed by atoms with Crippen LogP contribution in [-0.4, -0.2) is 42.8 Å².